The van der Waals surface area contributed by atoms with E-state index in [4.69, 9.17) is 6.42 Å². The molecular weight excluding hydrogens is 269 g/mol. The highest BCUT2D eigenvalue weighted by atomic mass is 79.9. The molecule has 0 aliphatic rings. The van der Waals surface area contributed by atoms with Crippen LogP contribution in [-0.4, -0.2) is 4.98 Å². The Morgan fingerprint density at radius 2 is 1.94 bits per heavy atom. The minimum atomic E-state index is -0.296. The maximum Gasteiger partial charge on any atom is 0.132 e. The van der Waals surface area contributed by atoms with Crippen molar-refractivity contribution in [1.29, 1.82) is 0 Å². The lowest BCUT2D eigenvalue weighted by Crippen LogP contribution is -1.90. The number of benzene rings is 1. The van der Waals surface area contributed by atoms with Crippen molar-refractivity contribution in [3.8, 4) is 23.6 Å². The fourth-order valence-electron chi connectivity index (χ4n) is 1.36. The summed E-state index contributed by atoms with van der Waals surface area (Å²) in [5.74, 6) is 2.19. The summed E-state index contributed by atoms with van der Waals surface area (Å²) in [6.07, 6.45) is 5.28. The summed E-state index contributed by atoms with van der Waals surface area (Å²) in [7, 11) is 0. The van der Waals surface area contributed by atoms with Crippen molar-refractivity contribution in [2.24, 2.45) is 0 Å². The second kappa shape index (κ2) is 4.46. The second-order valence-corrected chi connectivity index (χ2v) is 3.91. The first-order valence-electron chi connectivity index (χ1n) is 4.60. The highest BCUT2D eigenvalue weighted by Crippen LogP contribution is 2.23. The Morgan fingerprint density at radius 1 is 1.19 bits per heavy atom. The molecule has 0 aliphatic heterocycles. The van der Waals surface area contributed by atoms with Crippen molar-refractivity contribution in [3.05, 3.63) is 52.4 Å². The molecule has 16 heavy (non-hydrogen) atoms. The molecule has 0 atom stereocenters. The van der Waals surface area contributed by atoms with Gasteiger partial charge in [-0.2, -0.15) is 0 Å². The van der Waals surface area contributed by atoms with Crippen LogP contribution in [-0.2, 0) is 0 Å². The maximum atomic E-state index is 13.5. The Hall–Kier alpha value is -1.66. The van der Waals surface area contributed by atoms with Gasteiger partial charge in [-0.05, 0) is 40.2 Å². The molecule has 0 saturated heterocycles. The van der Waals surface area contributed by atoms with Gasteiger partial charge in [0.05, 0.1) is 11.3 Å². The van der Waals surface area contributed by atoms with Crippen LogP contribution >= 0.6 is 15.9 Å². The summed E-state index contributed by atoms with van der Waals surface area (Å²) >= 11 is 3.25. The predicted octanol–water partition coefficient (Wildman–Crippen LogP) is 3.63. The maximum absolute atomic E-state index is 13.5. The van der Waals surface area contributed by atoms with E-state index in [9.17, 15) is 4.39 Å². The Bertz CT molecular complexity index is 572. The molecule has 0 fully saturated rings. The zero-order chi connectivity index (χ0) is 11.5. The van der Waals surface area contributed by atoms with Crippen LogP contribution in [0.2, 0.25) is 0 Å². The van der Waals surface area contributed by atoms with Crippen molar-refractivity contribution in [2.45, 2.75) is 0 Å². The van der Waals surface area contributed by atoms with Crippen LogP contribution < -0.4 is 0 Å². The second-order valence-electron chi connectivity index (χ2n) is 3.16. The van der Waals surface area contributed by atoms with Gasteiger partial charge in [0, 0.05) is 5.56 Å². The van der Waals surface area contributed by atoms with Crippen LogP contribution in [0.15, 0.2) is 41.0 Å². The average molecular weight is 276 g/mol. The number of hydrogen-bond donors (Lipinski definition) is 0. The van der Waals surface area contributed by atoms with E-state index in [1.807, 2.05) is 0 Å². The summed E-state index contributed by atoms with van der Waals surface area (Å²) in [4.78, 5) is 4.21. The lowest BCUT2D eigenvalue weighted by atomic mass is 10.1. The molecule has 0 aliphatic carbocycles. The van der Waals surface area contributed by atoms with Gasteiger partial charge in [-0.25, -0.2) is 9.37 Å². The quantitative estimate of drug-likeness (QED) is 0.572. The zero-order valence-electron chi connectivity index (χ0n) is 8.24. The number of halogens is 2. The fraction of sp³-hybridized carbons (Fsp3) is 0. The molecule has 0 amide bonds. The van der Waals surface area contributed by atoms with Gasteiger partial charge < -0.3 is 0 Å². The summed E-state index contributed by atoms with van der Waals surface area (Å²) < 4.78 is 14.0. The molecule has 1 nitrogen and oxygen atoms in total. The van der Waals surface area contributed by atoms with Gasteiger partial charge in [0.2, 0.25) is 0 Å². The largest absolute Gasteiger partial charge is 0.239 e. The molecule has 0 N–H and O–H groups in total. The molecule has 2 rings (SSSR count). The molecule has 0 radical (unpaired) electrons. The van der Waals surface area contributed by atoms with E-state index in [-0.39, 0.29) is 5.82 Å². The van der Waals surface area contributed by atoms with E-state index in [1.165, 1.54) is 6.07 Å². The number of nitrogens with zero attached hydrogens (tertiary/aromatic N) is 1. The molecule has 0 unspecified atom stereocenters. The molecule has 0 saturated carbocycles. The molecule has 3 heteroatoms. The van der Waals surface area contributed by atoms with Gasteiger partial charge in [-0.1, -0.05) is 18.1 Å². The van der Waals surface area contributed by atoms with Gasteiger partial charge in [0.1, 0.15) is 10.4 Å². The standard InChI is InChI=1S/C13H7BrFN/c1-2-9-7-8-12(16-13(9)14)10-5-3-4-6-11(10)15/h1,3-8H. The smallest absolute Gasteiger partial charge is 0.132 e. The lowest BCUT2D eigenvalue weighted by molar-refractivity contribution is 0.630. The van der Waals surface area contributed by atoms with Gasteiger partial charge >= 0.3 is 0 Å². The number of terminal acetylenes is 1. The van der Waals surface area contributed by atoms with Gasteiger partial charge in [0.15, 0.2) is 0 Å². The van der Waals surface area contributed by atoms with E-state index in [1.54, 1.807) is 30.3 Å². The molecule has 1 aromatic heterocycles. The van der Waals surface area contributed by atoms with E-state index in [0.29, 0.717) is 21.4 Å². The van der Waals surface area contributed by atoms with E-state index in [0.717, 1.165) is 0 Å². The summed E-state index contributed by atoms with van der Waals surface area (Å²) in [6.45, 7) is 0. The molecule has 78 valence electrons. The molecule has 0 bridgehead atoms. The Morgan fingerprint density at radius 3 is 2.56 bits per heavy atom. The Kier molecular flexibility index (Phi) is 3.02. The number of hydrogen-bond acceptors (Lipinski definition) is 1. The SMILES string of the molecule is C#Cc1ccc(-c2ccccc2F)nc1Br. The molecule has 2 aromatic rings. The topological polar surface area (TPSA) is 12.9 Å². The van der Waals surface area contributed by atoms with Crippen LogP contribution in [0.3, 0.4) is 0 Å². The van der Waals surface area contributed by atoms with E-state index < -0.39 is 0 Å². The molecule has 1 heterocycles. The van der Waals surface area contributed by atoms with Crippen LogP contribution in [0.25, 0.3) is 11.3 Å². The minimum absolute atomic E-state index is 0.296. The van der Waals surface area contributed by atoms with Crippen LogP contribution in [0, 0.1) is 18.2 Å². The number of rotatable bonds is 1. The minimum Gasteiger partial charge on any atom is -0.239 e. The van der Waals surface area contributed by atoms with Gasteiger partial charge in [-0.3, -0.25) is 0 Å². The van der Waals surface area contributed by atoms with E-state index in [2.05, 4.69) is 26.8 Å². The van der Waals surface area contributed by atoms with Gasteiger partial charge in [-0.15, -0.1) is 6.42 Å². The van der Waals surface area contributed by atoms with Crippen LogP contribution in [0.1, 0.15) is 5.56 Å². The molecule has 1 aromatic carbocycles. The lowest BCUT2D eigenvalue weighted by Gasteiger charge is -2.03. The van der Waals surface area contributed by atoms with Crippen molar-refractivity contribution in [1.82, 2.24) is 4.98 Å². The normalized spacial score (nSPS) is 9.81. The predicted molar refractivity (Wildman–Crippen MR) is 65.3 cm³/mol. The molecule has 0 spiro atoms. The fourth-order valence-corrected chi connectivity index (χ4v) is 1.80. The van der Waals surface area contributed by atoms with Crippen molar-refractivity contribution >= 4 is 15.9 Å². The van der Waals surface area contributed by atoms with Crippen molar-refractivity contribution < 1.29 is 4.39 Å². The first kappa shape index (κ1) is 10.8. The number of aromatic nitrogens is 1. The molecular formula is C13H7BrFN. The number of pyridine rings is 1. The highest BCUT2D eigenvalue weighted by molar-refractivity contribution is 9.10. The first-order valence-corrected chi connectivity index (χ1v) is 5.39. The zero-order valence-corrected chi connectivity index (χ0v) is 9.83. The van der Waals surface area contributed by atoms with Crippen molar-refractivity contribution in [2.75, 3.05) is 0 Å². The summed E-state index contributed by atoms with van der Waals surface area (Å²) in [5, 5.41) is 0. The van der Waals surface area contributed by atoms with Gasteiger partial charge in [0.25, 0.3) is 0 Å². The summed E-state index contributed by atoms with van der Waals surface area (Å²) in [6, 6.07) is 9.93. The first-order chi connectivity index (χ1) is 7.72. The third-order valence-electron chi connectivity index (χ3n) is 2.15. The van der Waals surface area contributed by atoms with E-state index >= 15 is 0 Å². The third kappa shape index (κ3) is 1.98. The Balaban J connectivity index is 2.55. The van der Waals surface area contributed by atoms with Crippen molar-refractivity contribution in [3.63, 3.8) is 0 Å². The average Bonchev–Trinajstić information content (AvgIpc) is 2.29. The Labute approximate surface area is 101 Å². The van der Waals surface area contributed by atoms with Crippen LogP contribution in [0.5, 0.6) is 0 Å². The highest BCUT2D eigenvalue weighted by Gasteiger charge is 2.07. The summed E-state index contributed by atoms with van der Waals surface area (Å²) in [5.41, 5.74) is 1.68. The monoisotopic (exact) mass is 275 g/mol. The third-order valence-corrected chi connectivity index (χ3v) is 2.76. The van der Waals surface area contributed by atoms with Crippen LogP contribution in [0.4, 0.5) is 4.39 Å².